The highest BCUT2D eigenvalue weighted by Crippen LogP contribution is 2.36. The van der Waals surface area contributed by atoms with Crippen LogP contribution < -0.4 is 10.0 Å². The summed E-state index contributed by atoms with van der Waals surface area (Å²) in [5, 5.41) is 3.23. The minimum atomic E-state index is -3.09. The van der Waals surface area contributed by atoms with Gasteiger partial charge in [0.1, 0.15) is 0 Å². The Hall–Kier alpha value is -0.130. The van der Waals surface area contributed by atoms with Gasteiger partial charge in [0.25, 0.3) is 0 Å². The van der Waals surface area contributed by atoms with E-state index in [0.29, 0.717) is 19.1 Å². The lowest BCUT2D eigenvalue weighted by atomic mass is 9.89. The van der Waals surface area contributed by atoms with Crippen molar-refractivity contribution in [2.75, 3.05) is 18.8 Å². The number of rotatable bonds is 7. The van der Waals surface area contributed by atoms with Gasteiger partial charge in [-0.1, -0.05) is 19.8 Å². The van der Waals surface area contributed by atoms with E-state index in [-0.39, 0.29) is 11.2 Å². The van der Waals surface area contributed by atoms with Gasteiger partial charge in [-0.05, 0) is 31.1 Å². The fraction of sp³-hybridized carbons (Fsp3) is 1.00. The molecule has 2 fully saturated rings. The van der Waals surface area contributed by atoms with E-state index in [1.807, 2.05) is 0 Å². The van der Waals surface area contributed by atoms with Crippen LogP contribution in [0.15, 0.2) is 0 Å². The zero-order valence-corrected chi connectivity index (χ0v) is 11.5. The lowest BCUT2D eigenvalue weighted by Gasteiger charge is -2.23. The molecule has 0 aromatic carbocycles. The summed E-state index contributed by atoms with van der Waals surface area (Å²) in [6.45, 7) is 3.38. The largest absolute Gasteiger partial charge is 0.313 e. The molecule has 0 heterocycles. The number of nitrogens with one attached hydrogen (secondary N) is 2. The second-order valence-corrected chi connectivity index (χ2v) is 7.81. The normalized spacial score (nSPS) is 24.1. The number of hydrogen-bond acceptors (Lipinski definition) is 3. The van der Waals surface area contributed by atoms with Crippen LogP contribution in [0.1, 0.15) is 45.4 Å². The molecule has 0 amide bonds. The van der Waals surface area contributed by atoms with Gasteiger partial charge < -0.3 is 5.32 Å². The maximum absolute atomic E-state index is 11.8. The molecule has 0 saturated heterocycles. The molecule has 2 rings (SSSR count). The average Bonchev–Trinajstić information content (AvgIpc) is 2.98. The fourth-order valence-corrected chi connectivity index (χ4v) is 3.55. The second kappa shape index (κ2) is 5.24. The first-order chi connectivity index (χ1) is 7.99. The SMILES string of the molecule is CC1(CNS(=O)(=O)CCNC2CC2)CCCC1. The van der Waals surface area contributed by atoms with Crippen LogP contribution >= 0.6 is 0 Å². The highest BCUT2D eigenvalue weighted by atomic mass is 32.2. The summed E-state index contributed by atoms with van der Waals surface area (Å²) >= 11 is 0. The molecule has 2 aliphatic carbocycles. The van der Waals surface area contributed by atoms with Gasteiger partial charge in [-0.3, -0.25) is 0 Å². The van der Waals surface area contributed by atoms with Crippen molar-refractivity contribution < 1.29 is 8.42 Å². The maximum Gasteiger partial charge on any atom is 0.212 e. The molecular weight excluding hydrogens is 236 g/mol. The van der Waals surface area contributed by atoms with E-state index in [4.69, 9.17) is 0 Å². The predicted molar refractivity (Wildman–Crippen MR) is 69.4 cm³/mol. The summed E-state index contributed by atoms with van der Waals surface area (Å²) in [5.74, 6) is 0.208. The van der Waals surface area contributed by atoms with E-state index in [9.17, 15) is 8.42 Å². The molecule has 0 aliphatic heterocycles. The van der Waals surface area contributed by atoms with Gasteiger partial charge in [-0.15, -0.1) is 0 Å². The van der Waals surface area contributed by atoms with E-state index >= 15 is 0 Å². The van der Waals surface area contributed by atoms with E-state index in [2.05, 4.69) is 17.0 Å². The first kappa shape index (κ1) is 13.3. The van der Waals surface area contributed by atoms with E-state index in [1.54, 1.807) is 0 Å². The van der Waals surface area contributed by atoms with Gasteiger partial charge in [-0.2, -0.15) is 0 Å². The summed E-state index contributed by atoms with van der Waals surface area (Å²) in [6, 6.07) is 0.581. The molecule has 2 aliphatic rings. The van der Waals surface area contributed by atoms with Gasteiger partial charge in [0.15, 0.2) is 0 Å². The Morgan fingerprint density at radius 1 is 1.24 bits per heavy atom. The van der Waals surface area contributed by atoms with Gasteiger partial charge >= 0.3 is 0 Å². The molecule has 0 aromatic heterocycles. The van der Waals surface area contributed by atoms with Crippen LogP contribution in [0, 0.1) is 5.41 Å². The maximum atomic E-state index is 11.8. The zero-order chi connectivity index (χ0) is 12.4. The Morgan fingerprint density at radius 2 is 1.88 bits per heavy atom. The lowest BCUT2D eigenvalue weighted by molar-refractivity contribution is 0.336. The highest BCUT2D eigenvalue weighted by molar-refractivity contribution is 7.89. The van der Waals surface area contributed by atoms with Crippen molar-refractivity contribution >= 4 is 10.0 Å². The van der Waals surface area contributed by atoms with E-state index in [0.717, 1.165) is 12.8 Å². The standard InChI is InChI=1S/C12H24N2O2S/c1-12(6-2-3-7-12)10-14-17(15,16)9-8-13-11-4-5-11/h11,13-14H,2-10H2,1H3. The Bertz CT molecular complexity index is 344. The van der Waals surface area contributed by atoms with Gasteiger partial charge in [0.05, 0.1) is 5.75 Å². The third kappa shape index (κ3) is 4.56. The summed E-state index contributed by atoms with van der Waals surface area (Å²) in [6.07, 6.45) is 7.17. The lowest BCUT2D eigenvalue weighted by Crippen LogP contribution is -2.38. The fourth-order valence-electron chi connectivity index (χ4n) is 2.45. The molecule has 0 unspecified atom stereocenters. The van der Waals surface area contributed by atoms with Gasteiger partial charge in [0.2, 0.25) is 10.0 Å². The minimum Gasteiger partial charge on any atom is -0.313 e. The van der Waals surface area contributed by atoms with Gasteiger partial charge in [0, 0.05) is 19.1 Å². The Balaban J connectivity index is 1.68. The Morgan fingerprint density at radius 3 is 2.47 bits per heavy atom. The quantitative estimate of drug-likeness (QED) is 0.724. The Labute approximate surface area is 105 Å². The minimum absolute atomic E-state index is 0.191. The van der Waals surface area contributed by atoms with Crippen molar-refractivity contribution in [2.24, 2.45) is 5.41 Å². The molecule has 0 bridgehead atoms. The van der Waals surface area contributed by atoms with Gasteiger partial charge in [-0.25, -0.2) is 13.1 Å². The highest BCUT2D eigenvalue weighted by Gasteiger charge is 2.30. The topological polar surface area (TPSA) is 58.2 Å². The first-order valence-corrected chi connectivity index (χ1v) is 8.35. The molecule has 0 spiro atoms. The molecule has 0 radical (unpaired) electrons. The van der Waals surface area contributed by atoms with Crippen LogP contribution in [0.25, 0.3) is 0 Å². The summed E-state index contributed by atoms with van der Waals surface area (Å²) in [7, 11) is -3.09. The summed E-state index contributed by atoms with van der Waals surface area (Å²) in [5.41, 5.74) is 0.191. The molecule has 0 aromatic rings. The molecule has 5 heteroatoms. The third-order valence-electron chi connectivity index (χ3n) is 3.91. The van der Waals surface area contributed by atoms with E-state index < -0.39 is 10.0 Å². The Kier molecular flexibility index (Phi) is 4.10. The molecule has 17 heavy (non-hydrogen) atoms. The molecule has 4 nitrogen and oxygen atoms in total. The van der Waals surface area contributed by atoms with Crippen molar-refractivity contribution in [3.05, 3.63) is 0 Å². The van der Waals surface area contributed by atoms with Crippen molar-refractivity contribution in [2.45, 2.75) is 51.5 Å². The van der Waals surface area contributed by atoms with Crippen LogP contribution in [0.3, 0.4) is 0 Å². The van der Waals surface area contributed by atoms with Crippen LogP contribution in [0.2, 0.25) is 0 Å². The van der Waals surface area contributed by atoms with E-state index in [1.165, 1.54) is 25.7 Å². The van der Waals surface area contributed by atoms with Crippen LogP contribution in [0.5, 0.6) is 0 Å². The number of hydrogen-bond donors (Lipinski definition) is 2. The van der Waals surface area contributed by atoms with Crippen LogP contribution in [-0.4, -0.2) is 33.3 Å². The van der Waals surface area contributed by atoms with Crippen molar-refractivity contribution in [1.29, 1.82) is 0 Å². The first-order valence-electron chi connectivity index (χ1n) is 6.70. The number of sulfonamides is 1. The molecule has 2 saturated carbocycles. The third-order valence-corrected chi connectivity index (χ3v) is 5.24. The molecule has 100 valence electrons. The van der Waals surface area contributed by atoms with Crippen LogP contribution in [0.4, 0.5) is 0 Å². The monoisotopic (exact) mass is 260 g/mol. The summed E-state index contributed by atoms with van der Waals surface area (Å²) < 4.78 is 26.3. The second-order valence-electron chi connectivity index (χ2n) is 5.89. The zero-order valence-electron chi connectivity index (χ0n) is 10.7. The molecule has 0 atom stereocenters. The average molecular weight is 260 g/mol. The predicted octanol–water partition coefficient (Wildman–Crippen LogP) is 1.24. The molecular formula is C12H24N2O2S. The van der Waals surface area contributed by atoms with Crippen molar-refractivity contribution in [3.8, 4) is 0 Å². The van der Waals surface area contributed by atoms with Crippen LogP contribution in [-0.2, 0) is 10.0 Å². The summed E-state index contributed by atoms with van der Waals surface area (Å²) in [4.78, 5) is 0. The molecule has 2 N–H and O–H groups in total. The van der Waals surface area contributed by atoms with Crippen molar-refractivity contribution in [1.82, 2.24) is 10.0 Å². The van der Waals surface area contributed by atoms with Crippen molar-refractivity contribution in [3.63, 3.8) is 0 Å². The smallest absolute Gasteiger partial charge is 0.212 e.